The normalized spacial score (nSPS) is 16.4. The molecule has 2 rings (SSSR count). The molecule has 0 saturated carbocycles. The topological polar surface area (TPSA) is 54.5 Å². The summed E-state index contributed by atoms with van der Waals surface area (Å²) in [7, 11) is -3.53. The van der Waals surface area contributed by atoms with Crippen LogP contribution in [0.2, 0.25) is 10.0 Å². The van der Waals surface area contributed by atoms with E-state index in [1.54, 1.807) is 4.90 Å². The highest BCUT2D eigenvalue weighted by molar-refractivity contribution is 7.91. The molecule has 4 nitrogen and oxygen atoms in total. The third-order valence-corrected chi connectivity index (χ3v) is 6.25. The van der Waals surface area contributed by atoms with Gasteiger partial charge in [-0.05, 0) is 31.0 Å². The van der Waals surface area contributed by atoms with Gasteiger partial charge in [0.15, 0.2) is 9.84 Å². The maximum Gasteiger partial charge on any atom is 0.223 e. The van der Waals surface area contributed by atoms with Gasteiger partial charge in [-0.1, -0.05) is 36.0 Å². The van der Waals surface area contributed by atoms with Crippen molar-refractivity contribution in [3.05, 3.63) is 28.2 Å². The molecule has 0 radical (unpaired) electrons. The number of halogens is 2. The Kier molecular flexibility index (Phi) is 6.12. The molecule has 0 N–H and O–H groups in total. The van der Waals surface area contributed by atoms with Crippen molar-refractivity contribution >= 4 is 38.9 Å². The molecule has 1 amide bonds. The Morgan fingerprint density at radius 3 is 2.27 bits per heavy atom. The van der Waals surface area contributed by atoms with Gasteiger partial charge in [0.1, 0.15) is 0 Å². The Labute approximate surface area is 141 Å². The number of likely N-dealkylation sites (tertiary alicyclic amines) is 1. The van der Waals surface area contributed by atoms with Gasteiger partial charge in [0.25, 0.3) is 0 Å². The Morgan fingerprint density at radius 1 is 1.05 bits per heavy atom. The van der Waals surface area contributed by atoms with E-state index in [0.717, 1.165) is 38.8 Å². The smallest absolute Gasteiger partial charge is 0.223 e. The zero-order valence-corrected chi connectivity index (χ0v) is 14.6. The fourth-order valence-corrected chi connectivity index (χ4v) is 4.10. The van der Waals surface area contributed by atoms with Gasteiger partial charge in [0.05, 0.1) is 20.7 Å². The first kappa shape index (κ1) is 17.6. The molecule has 0 aromatic heterocycles. The monoisotopic (exact) mass is 363 g/mol. The molecule has 0 bridgehead atoms. The summed E-state index contributed by atoms with van der Waals surface area (Å²) < 4.78 is 24.6. The van der Waals surface area contributed by atoms with Crippen LogP contribution in [-0.4, -0.2) is 38.1 Å². The van der Waals surface area contributed by atoms with E-state index in [-0.39, 0.29) is 28.0 Å². The zero-order chi connectivity index (χ0) is 16.2. The van der Waals surface area contributed by atoms with Crippen LogP contribution in [0.5, 0.6) is 0 Å². The van der Waals surface area contributed by atoms with Crippen LogP contribution in [0.25, 0.3) is 0 Å². The quantitative estimate of drug-likeness (QED) is 0.821. The van der Waals surface area contributed by atoms with Crippen molar-refractivity contribution < 1.29 is 13.2 Å². The lowest BCUT2D eigenvalue weighted by Gasteiger charge is -2.20. The third kappa shape index (κ3) is 4.61. The van der Waals surface area contributed by atoms with Gasteiger partial charge in [0.2, 0.25) is 5.91 Å². The fourth-order valence-electron chi connectivity index (χ4n) is 2.49. The van der Waals surface area contributed by atoms with Crippen molar-refractivity contribution in [2.24, 2.45) is 0 Å². The molecule has 1 aliphatic heterocycles. The fraction of sp³-hybridized carbons (Fsp3) is 0.533. The molecular weight excluding hydrogens is 345 g/mol. The van der Waals surface area contributed by atoms with Crippen molar-refractivity contribution in [3.63, 3.8) is 0 Å². The highest BCUT2D eigenvalue weighted by Gasteiger charge is 2.21. The van der Waals surface area contributed by atoms with E-state index >= 15 is 0 Å². The zero-order valence-electron chi connectivity index (χ0n) is 12.2. The van der Waals surface area contributed by atoms with Gasteiger partial charge in [-0.2, -0.15) is 0 Å². The first-order valence-corrected chi connectivity index (χ1v) is 9.76. The second-order valence-electron chi connectivity index (χ2n) is 5.44. The van der Waals surface area contributed by atoms with Crippen molar-refractivity contribution in [2.75, 3.05) is 18.8 Å². The summed E-state index contributed by atoms with van der Waals surface area (Å²) in [5.74, 6) is -0.300. The van der Waals surface area contributed by atoms with Crippen molar-refractivity contribution in [3.8, 4) is 0 Å². The van der Waals surface area contributed by atoms with Crippen molar-refractivity contribution in [2.45, 2.75) is 37.0 Å². The first-order valence-electron chi connectivity index (χ1n) is 7.36. The molecule has 22 heavy (non-hydrogen) atoms. The summed E-state index contributed by atoms with van der Waals surface area (Å²) in [6.07, 6.45) is 4.25. The van der Waals surface area contributed by atoms with Crippen LogP contribution < -0.4 is 0 Å². The lowest BCUT2D eigenvalue weighted by atomic mass is 10.2. The summed E-state index contributed by atoms with van der Waals surface area (Å²) in [6.45, 7) is 1.46. The van der Waals surface area contributed by atoms with Crippen LogP contribution in [0.15, 0.2) is 23.1 Å². The Morgan fingerprint density at radius 2 is 1.68 bits per heavy atom. The minimum atomic E-state index is -3.53. The minimum Gasteiger partial charge on any atom is -0.343 e. The molecule has 0 unspecified atom stereocenters. The molecule has 0 spiro atoms. The summed E-state index contributed by atoms with van der Waals surface area (Å²) in [4.78, 5) is 14.0. The number of carbonyl (C=O) groups is 1. The lowest BCUT2D eigenvalue weighted by molar-refractivity contribution is -0.130. The number of amides is 1. The maximum atomic E-state index is 12.3. The minimum absolute atomic E-state index is 0.00256. The molecule has 1 aliphatic rings. The standard InChI is InChI=1S/C15H19Cl2NO3S/c16-13-6-5-12(11-14(13)17)22(20,21)10-7-15(19)18-8-3-1-2-4-9-18/h5-6,11H,1-4,7-10H2. The van der Waals surface area contributed by atoms with Gasteiger partial charge < -0.3 is 4.90 Å². The first-order chi connectivity index (χ1) is 10.4. The van der Waals surface area contributed by atoms with Crippen LogP contribution in [0.4, 0.5) is 0 Å². The van der Waals surface area contributed by atoms with Gasteiger partial charge in [-0.3, -0.25) is 4.79 Å². The highest BCUT2D eigenvalue weighted by atomic mass is 35.5. The molecule has 7 heteroatoms. The Balaban J connectivity index is 1.99. The van der Waals surface area contributed by atoms with Crippen LogP contribution in [-0.2, 0) is 14.6 Å². The van der Waals surface area contributed by atoms with E-state index in [0.29, 0.717) is 5.02 Å². The molecular formula is C15H19Cl2NO3S. The molecule has 1 fully saturated rings. The number of benzene rings is 1. The van der Waals surface area contributed by atoms with Gasteiger partial charge in [-0.25, -0.2) is 8.42 Å². The van der Waals surface area contributed by atoms with E-state index < -0.39 is 9.84 Å². The predicted molar refractivity (Wildman–Crippen MR) is 88.2 cm³/mol. The van der Waals surface area contributed by atoms with Crippen molar-refractivity contribution in [1.82, 2.24) is 4.90 Å². The van der Waals surface area contributed by atoms with Crippen LogP contribution in [0.3, 0.4) is 0 Å². The number of rotatable bonds is 4. The predicted octanol–water partition coefficient (Wildman–Crippen LogP) is 3.56. The van der Waals surface area contributed by atoms with Crippen molar-refractivity contribution in [1.29, 1.82) is 0 Å². The largest absolute Gasteiger partial charge is 0.343 e. The van der Waals surface area contributed by atoms with E-state index in [1.165, 1.54) is 18.2 Å². The lowest BCUT2D eigenvalue weighted by Crippen LogP contribution is -2.33. The van der Waals surface area contributed by atoms with E-state index in [1.807, 2.05) is 0 Å². The van der Waals surface area contributed by atoms with Crippen LogP contribution in [0.1, 0.15) is 32.1 Å². The van der Waals surface area contributed by atoms with Gasteiger partial charge in [-0.15, -0.1) is 0 Å². The summed E-state index contributed by atoms with van der Waals surface area (Å²) in [6, 6.07) is 4.20. The SMILES string of the molecule is O=C(CCS(=O)(=O)c1ccc(Cl)c(Cl)c1)N1CCCCCC1. The third-order valence-electron chi connectivity index (χ3n) is 3.79. The summed E-state index contributed by atoms with van der Waals surface area (Å²) in [5.41, 5.74) is 0. The average Bonchev–Trinajstić information content (AvgIpc) is 2.76. The summed E-state index contributed by atoms with van der Waals surface area (Å²) in [5, 5.41) is 0.503. The van der Waals surface area contributed by atoms with E-state index in [2.05, 4.69) is 0 Å². The number of carbonyl (C=O) groups excluding carboxylic acids is 1. The second kappa shape index (κ2) is 7.66. The number of nitrogens with zero attached hydrogens (tertiary/aromatic N) is 1. The Hall–Kier alpha value is -0.780. The number of hydrogen-bond donors (Lipinski definition) is 0. The molecule has 0 atom stereocenters. The van der Waals surface area contributed by atoms with Gasteiger partial charge in [0, 0.05) is 19.5 Å². The summed E-state index contributed by atoms with van der Waals surface area (Å²) >= 11 is 11.6. The second-order valence-corrected chi connectivity index (χ2v) is 8.36. The molecule has 1 aromatic rings. The molecule has 122 valence electrons. The maximum absolute atomic E-state index is 12.3. The number of hydrogen-bond acceptors (Lipinski definition) is 3. The highest BCUT2D eigenvalue weighted by Crippen LogP contribution is 2.25. The molecule has 0 aliphatic carbocycles. The molecule has 1 aromatic carbocycles. The molecule has 1 saturated heterocycles. The Bertz CT molecular complexity index is 638. The average molecular weight is 364 g/mol. The molecule has 1 heterocycles. The van der Waals surface area contributed by atoms with Crippen LogP contribution in [0, 0.1) is 0 Å². The number of sulfone groups is 1. The van der Waals surface area contributed by atoms with E-state index in [9.17, 15) is 13.2 Å². The van der Waals surface area contributed by atoms with Crippen LogP contribution >= 0.6 is 23.2 Å². The van der Waals surface area contributed by atoms with Gasteiger partial charge >= 0.3 is 0 Å². The van der Waals surface area contributed by atoms with E-state index in [4.69, 9.17) is 23.2 Å².